The summed E-state index contributed by atoms with van der Waals surface area (Å²) in [6.45, 7) is 2.68. The summed E-state index contributed by atoms with van der Waals surface area (Å²) in [4.78, 5) is 19.8. The Kier molecular flexibility index (Phi) is 4.08. The van der Waals surface area contributed by atoms with Crippen LogP contribution in [0.2, 0.25) is 0 Å². The fraction of sp³-hybridized carbons (Fsp3) is 0.733. The molecule has 20 heavy (non-hydrogen) atoms. The van der Waals surface area contributed by atoms with Crippen LogP contribution in [0.4, 0.5) is 0 Å². The molecule has 0 aromatic carbocycles. The average Bonchev–Trinajstić information content (AvgIpc) is 3.03. The summed E-state index contributed by atoms with van der Waals surface area (Å²) in [5.41, 5.74) is 0. The largest absolute Gasteiger partial charge is 0.339 e. The van der Waals surface area contributed by atoms with Gasteiger partial charge in [0.2, 0.25) is 5.91 Å². The Morgan fingerprint density at radius 3 is 3.00 bits per heavy atom. The molecule has 2 heterocycles. The van der Waals surface area contributed by atoms with Gasteiger partial charge < -0.3 is 10.2 Å². The molecule has 0 radical (unpaired) electrons. The van der Waals surface area contributed by atoms with Gasteiger partial charge >= 0.3 is 0 Å². The van der Waals surface area contributed by atoms with Crippen LogP contribution in [0.5, 0.6) is 0 Å². The molecule has 4 nitrogen and oxygen atoms in total. The first-order chi connectivity index (χ1) is 9.63. The summed E-state index contributed by atoms with van der Waals surface area (Å²) in [5.74, 6) is 0.960. The molecule has 1 aromatic rings. The lowest BCUT2D eigenvalue weighted by Crippen LogP contribution is -2.43. The first kappa shape index (κ1) is 14.0. The Balaban J connectivity index is 1.58. The number of likely N-dealkylation sites (N-methyl/N-ethyl adjacent to an activating group) is 1. The van der Waals surface area contributed by atoms with Crippen molar-refractivity contribution in [2.24, 2.45) is 5.92 Å². The normalized spacial score (nSPS) is 29.2. The number of aryl methyl sites for hydroxylation is 1. The van der Waals surface area contributed by atoms with Gasteiger partial charge in [0, 0.05) is 24.2 Å². The number of carbonyl (C=O) groups is 1. The molecular formula is C15H23N3OS. The van der Waals surface area contributed by atoms with Gasteiger partial charge in [0.05, 0.1) is 17.6 Å². The SMILES string of the molecule is Cc1ncc(CN(C)C(=O)C2CC3CCCCC3N2)s1. The molecule has 0 bridgehead atoms. The van der Waals surface area contributed by atoms with Crippen molar-refractivity contribution in [1.82, 2.24) is 15.2 Å². The zero-order valence-corrected chi connectivity index (χ0v) is 13.1. The first-order valence-electron chi connectivity index (χ1n) is 7.56. The number of thiazole rings is 1. The van der Waals surface area contributed by atoms with Gasteiger partial charge in [0.15, 0.2) is 0 Å². The lowest BCUT2D eigenvalue weighted by Gasteiger charge is -2.24. The van der Waals surface area contributed by atoms with Gasteiger partial charge in [-0.1, -0.05) is 12.8 Å². The third kappa shape index (κ3) is 2.88. The monoisotopic (exact) mass is 293 g/mol. The lowest BCUT2D eigenvalue weighted by atomic mass is 9.85. The molecule has 1 aliphatic carbocycles. The van der Waals surface area contributed by atoms with Crippen LogP contribution < -0.4 is 5.32 Å². The van der Waals surface area contributed by atoms with Crippen molar-refractivity contribution >= 4 is 17.2 Å². The number of nitrogens with zero attached hydrogens (tertiary/aromatic N) is 2. The van der Waals surface area contributed by atoms with Crippen LogP contribution in [0, 0.1) is 12.8 Å². The van der Waals surface area contributed by atoms with Crippen LogP contribution in [-0.2, 0) is 11.3 Å². The Bertz CT molecular complexity index is 473. The number of fused-ring (bicyclic) bond motifs is 1. The van der Waals surface area contributed by atoms with E-state index in [4.69, 9.17) is 0 Å². The summed E-state index contributed by atoms with van der Waals surface area (Å²) in [7, 11) is 1.90. The van der Waals surface area contributed by atoms with Crippen LogP contribution >= 0.6 is 11.3 Å². The van der Waals surface area contributed by atoms with Crippen LogP contribution in [0.25, 0.3) is 0 Å². The summed E-state index contributed by atoms with van der Waals surface area (Å²) >= 11 is 1.67. The summed E-state index contributed by atoms with van der Waals surface area (Å²) in [6.07, 6.45) is 8.08. The predicted octanol–water partition coefficient (Wildman–Crippen LogP) is 2.33. The van der Waals surface area contributed by atoms with Crippen molar-refractivity contribution in [1.29, 1.82) is 0 Å². The molecule has 1 N–H and O–H groups in total. The second-order valence-electron chi connectivity index (χ2n) is 6.15. The average molecular weight is 293 g/mol. The van der Waals surface area contributed by atoms with E-state index in [9.17, 15) is 4.79 Å². The molecule has 1 amide bonds. The Hall–Kier alpha value is -0.940. The van der Waals surface area contributed by atoms with Crippen molar-refractivity contribution in [2.45, 2.75) is 57.7 Å². The topological polar surface area (TPSA) is 45.2 Å². The standard InChI is InChI=1S/C15H23N3OS/c1-10-16-8-12(20-10)9-18(2)15(19)14-7-11-5-3-4-6-13(11)17-14/h8,11,13-14,17H,3-7,9H2,1-2H3. The number of rotatable bonds is 3. The van der Waals surface area contributed by atoms with E-state index < -0.39 is 0 Å². The number of amides is 1. The summed E-state index contributed by atoms with van der Waals surface area (Å²) in [5, 5.41) is 4.62. The second kappa shape index (κ2) is 5.82. The molecule has 0 spiro atoms. The van der Waals surface area contributed by atoms with E-state index in [0.717, 1.165) is 22.2 Å². The maximum Gasteiger partial charge on any atom is 0.239 e. The van der Waals surface area contributed by atoms with Gasteiger partial charge in [-0.15, -0.1) is 11.3 Å². The predicted molar refractivity (Wildman–Crippen MR) is 80.6 cm³/mol. The fourth-order valence-electron chi connectivity index (χ4n) is 3.57. The minimum atomic E-state index is 0.0297. The van der Waals surface area contributed by atoms with Gasteiger partial charge in [-0.25, -0.2) is 4.98 Å². The number of aromatic nitrogens is 1. The smallest absolute Gasteiger partial charge is 0.239 e. The van der Waals surface area contributed by atoms with E-state index in [1.807, 2.05) is 25.1 Å². The van der Waals surface area contributed by atoms with Crippen molar-refractivity contribution in [2.75, 3.05) is 7.05 Å². The molecule has 5 heteroatoms. The fourth-order valence-corrected chi connectivity index (χ4v) is 4.42. The zero-order valence-electron chi connectivity index (χ0n) is 12.3. The number of hydrogen-bond acceptors (Lipinski definition) is 4. The summed E-state index contributed by atoms with van der Waals surface area (Å²) in [6, 6.07) is 0.610. The minimum absolute atomic E-state index is 0.0297. The number of nitrogens with one attached hydrogen (secondary N) is 1. The van der Waals surface area contributed by atoms with Gasteiger partial charge in [-0.2, -0.15) is 0 Å². The Morgan fingerprint density at radius 1 is 1.50 bits per heavy atom. The van der Waals surface area contributed by atoms with Crippen LogP contribution in [-0.4, -0.2) is 34.9 Å². The highest BCUT2D eigenvalue weighted by molar-refractivity contribution is 7.11. The van der Waals surface area contributed by atoms with E-state index in [1.165, 1.54) is 25.7 Å². The molecule has 1 aromatic heterocycles. The third-order valence-electron chi connectivity index (χ3n) is 4.60. The molecule has 1 saturated heterocycles. The first-order valence-corrected chi connectivity index (χ1v) is 8.37. The number of hydrogen-bond donors (Lipinski definition) is 1. The van der Waals surface area contributed by atoms with E-state index >= 15 is 0 Å². The lowest BCUT2D eigenvalue weighted by molar-refractivity contribution is -0.132. The molecule has 3 unspecified atom stereocenters. The Labute approximate surface area is 124 Å². The van der Waals surface area contributed by atoms with Gasteiger partial charge in [-0.05, 0) is 32.1 Å². The molecule has 1 saturated carbocycles. The van der Waals surface area contributed by atoms with Crippen LogP contribution in [0.1, 0.15) is 42.0 Å². The van der Waals surface area contributed by atoms with E-state index in [0.29, 0.717) is 12.6 Å². The van der Waals surface area contributed by atoms with Crippen molar-refractivity contribution in [3.05, 3.63) is 16.1 Å². The molecule has 2 fully saturated rings. The van der Waals surface area contributed by atoms with E-state index in [2.05, 4.69) is 10.3 Å². The van der Waals surface area contributed by atoms with Crippen LogP contribution in [0.3, 0.4) is 0 Å². The highest BCUT2D eigenvalue weighted by Crippen LogP contribution is 2.33. The minimum Gasteiger partial charge on any atom is -0.339 e. The molecule has 2 aliphatic rings. The molecule has 3 atom stereocenters. The Morgan fingerprint density at radius 2 is 2.30 bits per heavy atom. The third-order valence-corrected chi connectivity index (χ3v) is 5.50. The van der Waals surface area contributed by atoms with Gasteiger partial charge in [0.1, 0.15) is 0 Å². The highest BCUT2D eigenvalue weighted by atomic mass is 32.1. The highest BCUT2D eigenvalue weighted by Gasteiger charge is 2.39. The van der Waals surface area contributed by atoms with Gasteiger partial charge in [0.25, 0.3) is 0 Å². The van der Waals surface area contributed by atoms with Gasteiger partial charge in [-0.3, -0.25) is 4.79 Å². The van der Waals surface area contributed by atoms with E-state index in [-0.39, 0.29) is 11.9 Å². The van der Waals surface area contributed by atoms with Crippen molar-refractivity contribution in [3.63, 3.8) is 0 Å². The molecule has 3 rings (SSSR count). The number of carbonyl (C=O) groups excluding carboxylic acids is 1. The zero-order chi connectivity index (χ0) is 14.1. The van der Waals surface area contributed by atoms with Crippen LogP contribution in [0.15, 0.2) is 6.20 Å². The molecular weight excluding hydrogens is 270 g/mol. The molecule has 110 valence electrons. The van der Waals surface area contributed by atoms with E-state index in [1.54, 1.807) is 11.3 Å². The van der Waals surface area contributed by atoms with Crippen molar-refractivity contribution < 1.29 is 4.79 Å². The maximum absolute atomic E-state index is 12.5. The maximum atomic E-state index is 12.5. The van der Waals surface area contributed by atoms with Crippen molar-refractivity contribution in [3.8, 4) is 0 Å². The quantitative estimate of drug-likeness (QED) is 0.930. The second-order valence-corrected chi connectivity index (χ2v) is 7.47. The summed E-state index contributed by atoms with van der Waals surface area (Å²) < 4.78 is 0. The molecule has 1 aliphatic heterocycles.